The van der Waals surface area contributed by atoms with E-state index in [1.807, 2.05) is 6.92 Å². The zero-order valence-electron chi connectivity index (χ0n) is 7.88. The highest BCUT2D eigenvalue weighted by molar-refractivity contribution is 9.10. The van der Waals surface area contributed by atoms with E-state index in [2.05, 4.69) is 21.2 Å². The Morgan fingerprint density at radius 3 is 3.08 bits per heavy atom. The number of carbonyl (C=O) groups is 1. The van der Waals surface area contributed by atoms with E-state index in [1.54, 1.807) is 0 Å². The predicted octanol–water partition coefficient (Wildman–Crippen LogP) is 1.46. The minimum absolute atomic E-state index is 0.0612. The van der Waals surface area contributed by atoms with Crippen LogP contribution in [0.25, 0.3) is 0 Å². The van der Waals surface area contributed by atoms with E-state index in [0.29, 0.717) is 6.54 Å². The van der Waals surface area contributed by atoms with Gasteiger partial charge in [-0.25, -0.2) is 0 Å². The molecule has 3 nitrogen and oxygen atoms in total. The Balaban J connectivity index is 2.13. The summed E-state index contributed by atoms with van der Waals surface area (Å²) in [6.45, 7) is 3.47. The number of halogens is 1. The fraction of sp³-hybridized carbons (Fsp3) is 0.889. The van der Waals surface area contributed by atoms with Gasteiger partial charge in [-0.3, -0.25) is 4.79 Å². The first-order valence-corrected chi connectivity index (χ1v) is 5.69. The third kappa shape index (κ3) is 3.65. The first-order chi connectivity index (χ1) is 6.24. The lowest BCUT2D eigenvalue weighted by Crippen LogP contribution is -2.36. The van der Waals surface area contributed by atoms with Crippen LogP contribution in [0.15, 0.2) is 0 Å². The van der Waals surface area contributed by atoms with Crippen molar-refractivity contribution in [2.45, 2.75) is 37.1 Å². The van der Waals surface area contributed by atoms with Crippen LogP contribution in [0.2, 0.25) is 0 Å². The monoisotopic (exact) mass is 249 g/mol. The van der Waals surface area contributed by atoms with Crippen molar-refractivity contribution in [3.05, 3.63) is 0 Å². The molecule has 1 saturated heterocycles. The fourth-order valence-electron chi connectivity index (χ4n) is 1.32. The number of ether oxygens (including phenoxy) is 1. The number of hydrogen-bond acceptors (Lipinski definition) is 2. The summed E-state index contributed by atoms with van der Waals surface area (Å²) in [6, 6.07) is 0. The number of alkyl halides is 1. The van der Waals surface area contributed by atoms with Crippen molar-refractivity contribution in [2.75, 3.05) is 13.2 Å². The van der Waals surface area contributed by atoms with Gasteiger partial charge >= 0.3 is 0 Å². The molecular weight excluding hydrogens is 234 g/mol. The largest absolute Gasteiger partial charge is 0.376 e. The van der Waals surface area contributed by atoms with Crippen LogP contribution in [0.1, 0.15) is 26.2 Å². The van der Waals surface area contributed by atoms with E-state index in [-0.39, 0.29) is 16.8 Å². The summed E-state index contributed by atoms with van der Waals surface area (Å²) >= 11 is 3.30. The molecule has 13 heavy (non-hydrogen) atoms. The first-order valence-electron chi connectivity index (χ1n) is 4.77. The molecule has 1 rings (SSSR count). The van der Waals surface area contributed by atoms with Crippen molar-refractivity contribution in [1.29, 1.82) is 0 Å². The third-order valence-electron chi connectivity index (χ3n) is 2.17. The van der Waals surface area contributed by atoms with Crippen LogP contribution in [-0.4, -0.2) is 30.0 Å². The van der Waals surface area contributed by atoms with Gasteiger partial charge in [0.1, 0.15) is 0 Å². The lowest BCUT2D eigenvalue weighted by Gasteiger charge is -2.12. The molecule has 0 aromatic carbocycles. The molecule has 0 aromatic heterocycles. The number of rotatable bonds is 4. The van der Waals surface area contributed by atoms with Gasteiger partial charge in [-0.1, -0.05) is 22.9 Å². The van der Waals surface area contributed by atoms with Crippen molar-refractivity contribution in [3.8, 4) is 0 Å². The van der Waals surface area contributed by atoms with Gasteiger partial charge < -0.3 is 10.1 Å². The Hall–Kier alpha value is -0.0900. The summed E-state index contributed by atoms with van der Waals surface area (Å²) in [6.07, 6.45) is 3.24. The van der Waals surface area contributed by atoms with E-state index >= 15 is 0 Å². The van der Waals surface area contributed by atoms with E-state index in [9.17, 15) is 4.79 Å². The van der Waals surface area contributed by atoms with Crippen LogP contribution < -0.4 is 5.32 Å². The molecule has 0 aliphatic carbocycles. The first kappa shape index (κ1) is 11.0. The highest BCUT2D eigenvalue weighted by atomic mass is 79.9. The minimum Gasteiger partial charge on any atom is -0.376 e. The van der Waals surface area contributed by atoms with Crippen LogP contribution in [-0.2, 0) is 9.53 Å². The van der Waals surface area contributed by atoms with Gasteiger partial charge in [0, 0.05) is 13.2 Å². The summed E-state index contributed by atoms with van der Waals surface area (Å²) in [7, 11) is 0. The SMILES string of the molecule is CC[C@H](Br)C(=O)NC[C@H]1CCCO1. The zero-order valence-corrected chi connectivity index (χ0v) is 9.47. The van der Waals surface area contributed by atoms with Gasteiger partial charge in [-0.2, -0.15) is 0 Å². The van der Waals surface area contributed by atoms with E-state index in [1.165, 1.54) is 0 Å². The average Bonchev–Trinajstić information content (AvgIpc) is 2.65. The van der Waals surface area contributed by atoms with Crippen LogP contribution in [0.5, 0.6) is 0 Å². The van der Waals surface area contributed by atoms with Gasteiger partial charge in [-0.15, -0.1) is 0 Å². The molecule has 1 amide bonds. The second-order valence-electron chi connectivity index (χ2n) is 3.26. The summed E-state index contributed by atoms with van der Waals surface area (Å²) < 4.78 is 5.39. The van der Waals surface area contributed by atoms with Crippen LogP contribution in [0.4, 0.5) is 0 Å². The number of amides is 1. The van der Waals surface area contributed by atoms with Gasteiger partial charge in [0.25, 0.3) is 0 Å². The van der Waals surface area contributed by atoms with Gasteiger partial charge in [0.2, 0.25) is 5.91 Å². The Morgan fingerprint density at radius 2 is 2.54 bits per heavy atom. The molecular formula is C9H16BrNO2. The summed E-state index contributed by atoms with van der Waals surface area (Å²) in [5.41, 5.74) is 0. The van der Waals surface area contributed by atoms with Crippen molar-refractivity contribution in [2.24, 2.45) is 0 Å². The molecule has 76 valence electrons. The van der Waals surface area contributed by atoms with Gasteiger partial charge in [0.05, 0.1) is 10.9 Å². The van der Waals surface area contributed by atoms with Crippen LogP contribution in [0, 0.1) is 0 Å². The molecule has 2 atom stereocenters. The molecule has 1 N–H and O–H groups in total. The Kier molecular flexibility index (Phi) is 4.73. The molecule has 1 aliphatic rings. The van der Waals surface area contributed by atoms with E-state index in [0.717, 1.165) is 25.9 Å². The second-order valence-corrected chi connectivity index (χ2v) is 4.36. The molecule has 0 unspecified atom stereocenters. The van der Waals surface area contributed by atoms with Crippen molar-refractivity contribution < 1.29 is 9.53 Å². The summed E-state index contributed by atoms with van der Waals surface area (Å²) in [5, 5.41) is 2.86. The number of carbonyl (C=O) groups excluding carboxylic acids is 1. The van der Waals surface area contributed by atoms with Crippen LogP contribution >= 0.6 is 15.9 Å². The normalized spacial score (nSPS) is 24.3. The maximum atomic E-state index is 11.3. The Labute approximate surface area is 87.3 Å². The lowest BCUT2D eigenvalue weighted by atomic mass is 10.2. The zero-order chi connectivity index (χ0) is 9.68. The number of nitrogens with one attached hydrogen (secondary N) is 1. The minimum atomic E-state index is -0.0612. The number of hydrogen-bond donors (Lipinski definition) is 1. The molecule has 0 spiro atoms. The third-order valence-corrected chi connectivity index (χ3v) is 3.23. The highest BCUT2D eigenvalue weighted by Gasteiger charge is 2.18. The predicted molar refractivity (Wildman–Crippen MR) is 55.0 cm³/mol. The van der Waals surface area contributed by atoms with Crippen molar-refractivity contribution in [1.82, 2.24) is 5.32 Å². The quantitative estimate of drug-likeness (QED) is 0.767. The maximum absolute atomic E-state index is 11.3. The lowest BCUT2D eigenvalue weighted by molar-refractivity contribution is -0.121. The summed E-state index contributed by atoms with van der Waals surface area (Å²) in [4.78, 5) is 11.3. The topological polar surface area (TPSA) is 38.3 Å². The molecule has 4 heteroatoms. The van der Waals surface area contributed by atoms with E-state index in [4.69, 9.17) is 4.74 Å². The van der Waals surface area contributed by atoms with Crippen LogP contribution in [0.3, 0.4) is 0 Å². The van der Waals surface area contributed by atoms with E-state index < -0.39 is 0 Å². The standard InChI is InChI=1S/C9H16BrNO2/c1-2-8(10)9(12)11-6-7-4-3-5-13-7/h7-8H,2-6H2,1H3,(H,11,12)/t7-,8+/m1/s1. The molecule has 0 saturated carbocycles. The molecule has 1 fully saturated rings. The van der Waals surface area contributed by atoms with Crippen molar-refractivity contribution in [3.63, 3.8) is 0 Å². The van der Waals surface area contributed by atoms with Gasteiger partial charge in [-0.05, 0) is 19.3 Å². The molecule has 1 heterocycles. The Morgan fingerprint density at radius 1 is 1.77 bits per heavy atom. The van der Waals surface area contributed by atoms with Gasteiger partial charge in [0.15, 0.2) is 0 Å². The summed E-state index contributed by atoms with van der Waals surface area (Å²) in [5.74, 6) is 0.0676. The maximum Gasteiger partial charge on any atom is 0.233 e. The Bertz CT molecular complexity index is 169. The van der Waals surface area contributed by atoms with Crippen molar-refractivity contribution >= 4 is 21.8 Å². The molecule has 0 aromatic rings. The molecule has 1 aliphatic heterocycles. The molecule has 0 radical (unpaired) electrons. The second kappa shape index (κ2) is 5.60. The molecule has 0 bridgehead atoms. The fourth-order valence-corrected chi connectivity index (χ4v) is 1.48. The average molecular weight is 250 g/mol. The smallest absolute Gasteiger partial charge is 0.233 e. The highest BCUT2D eigenvalue weighted by Crippen LogP contribution is 2.11.